The molecule has 2 heterocycles. The van der Waals surface area contributed by atoms with Crippen molar-refractivity contribution in [3.63, 3.8) is 0 Å². The molecule has 0 aromatic carbocycles. The lowest BCUT2D eigenvalue weighted by molar-refractivity contribution is 0.0938. The second-order valence-corrected chi connectivity index (χ2v) is 6.63. The first-order valence-corrected chi connectivity index (χ1v) is 8.37. The predicted octanol–water partition coefficient (Wildman–Crippen LogP) is 3.49. The number of Topliss-reactive ketones (excluding diaryl/α,β-unsaturated/α-hetero) is 1. The van der Waals surface area contributed by atoms with Crippen molar-refractivity contribution in [1.82, 2.24) is 14.8 Å². The molecule has 3 rings (SSSR count). The highest BCUT2D eigenvalue weighted by Crippen LogP contribution is 2.36. The van der Waals surface area contributed by atoms with Gasteiger partial charge >= 0.3 is 0 Å². The fraction of sp³-hybridized carbons (Fsp3) is 0.353. The molecule has 1 aliphatic rings. The smallest absolute Gasteiger partial charge is 0.170 e. The second-order valence-electron chi connectivity index (χ2n) is 5.62. The molecule has 0 radical (unpaired) electrons. The summed E-state index contributed by atoms with van der Waals surface area (Å²) >= 11 is 11.3. The van der Waals surface area contributed by atoms with Gasteiger partial charge in [-0.2, -0.15) is 5.10 Å². The molecule has 1 unspecified atom stereocenters. The maximum absolute atomic E-state index is 12.6. The topological polar surface area (TPSA) is 73.8 Å². The predicted molar refractivity (Wildman–Crippen MR) is 95.9 cm³/mol. The van der Waals surface area contributed by atoms with E-state index in [2.05, 4.69) is 21.9 Å². The molecule has 7 heteroatoms. The fourth-order valence-electron chi connectivity index (χ4n) is 2.99. The molecule has 2 N–H and O–H groups in total. The second kappa shape index (κ2) is 6.84. The number of anilines is 1. The van der Waals surface area contributed by atoms with Crippen molar-refractivity contribution in [2.24, 2.45) is 5.92 Å². The van der Waals surface area contributed by atoms with E-state index in [4.69, 9.17) is 28.9 Å². The maximum Gasteiger partial charge on any atom is 0.170 e. The Morgan fingerprint density at radius 2 is 2.33 bits per heavy atom. The number of fused-ring (bicyclic) bond motifs is 2. The van der Waals surface area contributed by atoms with Crippen molar-refractivity contribution in [2.75, 3.05) is 5.73 Å². The first-order valence-electron chi connectivity index (χ1n) is 7.61. The van der Waals surface area contributed by atoms with Crippen LogP contribution < -0.4 is 5.73 Å². The van der Waals surface area contributed by atoms with E-state index in [9.17, 15) is 4.79 Å². The third kappa shape index (κ3) is 3.00. The van der Waals surface area contributed by atoms with E-state index in [0.717, 1.165) is 5.69 Å². The third-order valence-corrected chi connectivity index (χ3v) is 4.45. The number of allylic oxidation sites excluding steroid dienone is 1. The lowest BCUT2D eigenvalue weighted by Gasteiger charge is -2.05. The van der Waals surface area contributed by atoms with E-state index in [1.165, 1.54) is 0 Å². The van der Waals surface area contributed by atoms with E-state index in [1.807, 2.05) is 0 Å². The molecule has 2 aromatic rings. The Morgan fingerprint density at radius 1 is 1.54 bits per heavy atom. The number of carbonyl (C=O) groups is 1. The highest BCUT2D eigenvalue weighted by atomic mass is 35.5. The average Bonchev–Trinajstić information content (AvgIpc) is 3.08. The number of nitrogens with zero attached hydrogens (tertiary/aromatic N) is 3. The molecule has 0 amide bonds. The largest absolute Gasteiger partial charge is 0.397 e. The van der Waals surface area contributed by atoms with Gasteiger partial charge in [0.15, 0.2) is 11.4 Å². The summed E-state index contributed by atoms with van der Waals surface area (Å²) in [7, 11) is 0. The molecular weight excluding hydrogens is 347 g/mol. The third-order valence-electron chi connectivity index (χ3n) is 4.14. The van der Waals surface area contributed by atoms with Crippen LogP contribution in [-0.2, 0) is 13.0 Å². The monoisotopic (exact) mass is 362 g/mol. The summed E-state index contributed by atoms with van der Waals surface area (Å²) in [6.45, 7) is 2.44. The zero-order valence-electron chi connectivity index (χ0n) is 13.1. The van der Waals surface area contributed by atoms with Crippen LogP contribution in [0.1, 0.15) is 35.8 Å². The van der Waals surface area contributed by atoms with Crippen molar-refractivity contribution in [2.45, 2.75) is 32.7 Å². The number of nitrogen functional groups attached to an aromatic ring is 1. The van der Waals surface area contributed by atoms with Crippen molar-refractivity contribution in [3.05, 3.63) is 28.0 Å². The van der Waals surface area contributed by atoms with Crippen LogP contribution in [0, 0.1) is 17.8 Å². The summed E-state index contributed by atoms with van der Waals surface area (Å²) in [5, 5.41) is 5.03. The number of aryl methyl sites for hydroxylation is 1. The molecule has 2 aromatic heterocycles. The van der Waals surface area contributed by atoms with Crippen molar-refractivity contribution in [3.8, 4) is 11.8 Å². The van der Waals surface area contributed by atoms with Crippen LogP contribution in [0.25, 0.3) is 11.0 Å². The van der Waals surface area contributed by atoms with Gasteiger partial charge in [0.25, 0.3) is 0 Å². The van der Waals surface area contributed by atoms with E-state index in [0.29, 0.717) is 48.1 Å². The van der Waals surface area contributed by atoms with Gasteiger partial charge in [0, 0.05) is 18.8 Å². The van der Waals surface area contributed by atoms with Crippen LogP contribution in [0.3, 0.4) is 0 Å². The number of nitrogens with two attached hydrogens (primary N) is 1. The van der Waals surface area contributed by atoms with Gasteiger partial charge in [-0.15, -0.1) is 11.8 Å². The van der Waals surface area contributed by atoms with Gasteiger partial charge in [-0.1, -0.05) is 29.3 Å². The normalized spacial score (nSPS) is 16.0. The summed E-state index contributed by atoms with van der Waals surface area (Å²) < 4.78 is 1.95. The van der Waals surface area contributed by atoms with Crippen LogP contribution in [0.15, 0.2) is 16.8 Å². The number of halogens is 2. The Kier molecular flexibility index (Phi) is 4.79. The summed E-state index contributed by atoms with van der Waals surface area (Å²) in [5.74, 6) is 5.63. The average molecular weight is 363 g/mol. The minimum atomic E-state index is -0.221. The Labute approximate surface area is 149 Å². The molecule has 0 saturated heterocycles. The Bertz CT molecular complexity index is 901. The summed E-state index contributed by atoms with van der Waals surface area (Å²) in [4.78, 5) is 17.3. The number of hydrogen-bond donors (Lipinski definition) is 1. The molecule has 0 saturated carbocycles. The van der Waals surface area contributed by atoms with Gasteiger partial charge < -0.3 is 5.73 Å². The number of aromatic nitrogens is 3. The van der Waals surface area contributed by atoms with Gasteiger partial charge in [-0.25, -0.2) is 9.67 Å². The van der Waals surface area contributed by atoms with E-state index >= 15 is 0 Å². The number of rotatable bonds is 4. The lowest BCUT2D eigenvalue weighted by atomic mass is 10.0. The molecule has 0 spiro atoms. The van der Waals surface area contributed by atoms with Crippen LogP contribution >= 0.6 is 23.2 Å². The van der Waals surface area contributed by atoms with Crippen molar-refractivity contribution >= 4 is 45.7 Å². The molecule has 24 heavy (non-hydrogen) atoms. The first-order chi connectivity index (χ1) is 11.5. The number of carbonyl (C=O) groups excluding carboxylic acids is 1. The maximum atomic E-state index is 12.6. The molecule has 1 atom stereocenters. The molecule has 5 nitrogen and oxygen atoms in total. The van der Waals surface area contributed by atoms with Gasteiger partial charge in [0.1, 0.15) is 4.49 Å². The SMILES string of the molecule is CC#CCCn1ncc2c(N)c3c(nc21)CC(CC=C(Cl)Cl)C3=O. The summed E-state index contributed by atoms with van der Waals surface area (Å²) in [6.07, 6.45) is 5.00. The summed E-state index contributed by atoms with van der Waals surface area (Å²) in [6, 6.07) is 0. The standard InChI is InChI=1S/C17H16Cl2N4O/c1-2-3-4-7-23-17-11(9-21-23)15(20)14-12(22-17)8-10(16(14)24)5-6-13(18)19/h6,9-10H,4-5,7-8H2,1H3,(H2,20,22). The molecular formula is C17H16Cl2N4O. The molecule has 1 aliphatic carbocycles. The fourth-order valence-corrected chi connectivity index (χ4v) is 3.16. The summed E-state index contributed by atoms with van der Waals surface area (Å²) in [5.41, 5.74) is 8.62. The van der Waals surface area contributed by atoms with E-state index in [-0.39, 0.29) is 16.2 Å². The van der Waals surface area contributed by atoms with Gasteiger partial charge in [0.2, 0.25) is 0 Å². The van der Waals surface area contributed by atoms with Crippen LogP contribution in [0.5, 0.6) is 0 Å². The zero-order chi connectivity index (χ0) is 17.3. The minimum absolute atomic E-state index is 0.00710. The van der Waals surface area contributed by atoms with Crippen LogP contribution in [0.4, 0.5) is 5.69 Å². The molecule has 0 aliphatic heterocycles. The first kappa shape index (κ1) is 16.8. The minimum Gasteiger partial charge on any atom is -0.397 e. The highest BCUT2D eigenvalue weighted by Gasteiger charge is 2.34. The highest BCUT2D eigenvalue weighted by molar-refractivity contribution is 6.55. The van der Waals surface area contributed by atoms with Crippen molar-refractivity contribution in [1.29, 1.82) is 0 Å². The number of pyridine rings is 1. The zero-order valence-corrected chi connectivity index (χ0v) is 14.7. The van der Waals surface area contributed by atoms with E-state index < -0.39 is 0 Å². The van der Waals surface area contributed by atoms with Gasteiger partial charge in [-0.3, -0.25) is 4.79 Å². The number of ketones is 1. The Hall–Kier alpha value is -2.03. The Morgan fingerprint density at radius 3 is 3.04 bits per heavy atom. The molecule has 124 valence electrons. The quantitative estimate of drug-likeness (QED) is 0.844. The lowest BCUT2D eigenvalue weighted by Crippen LogP contribution is -2.09. The van der Waals surface area contributed by atoms with Gasteiger partial charge in [-0.05, 0) is 13.3 Å². The molecule has 0 fully saturated rings. The van der Waals surface area contributed by atoms with Gasteiger partial charge in [0.05, 0.1) is 35.1 Å². The van der Waals surface area contributed by atoms with E-state index in [1.54, 1.807) is 23.9 Å². The van der Waals surface area contributed by atoms with Crippen LogP contribution in [-0.4, -0.2) is 20.5 Å². The number of hydrogen-bond acceptors (Lipinski definition) is 4. The van der Waals surface area contributed by atoms with Crippen molar-refractivity contribution < 1.29 is 4.79 Å². The van der Waals surface area contributed by atoms with Crippen LogP contribution in [0.2, 0.25) is 0 Å². The molecule has 0 bridgehead atoms. The Balaban J connectivity index is 1.97.